The third-order valence-corrected chi connectivity index (χ3v) is 9.76. The Bertz CT molecular complexity index is 2540. The summed E-state index contributed by atoms with van der Waals surface area (Å²) in [6, 6.07) is 45.6. The molecule has 10 rings (SSSR count). The van der Waals surface area contributed by atoms with Crippen LogP contribution in [0, 0.1) is 0 Å². The smallest absolute Gasteiger partial charge is 0.235 e. The van der Waals surface area contributed by atoms with Crippen LogP contribution in [0.5, 0.6) is 0 Å². The average Bonchev–Trinajstić information content (AvgIpc) is 3.62. The first-order chi connectivity index (χ1) is 22.3. The van der Waals surface area contributed by atoms with Gasteiger partial charge in [-0.25, -0.2) is 9.97 Å². The van der Waals surface area contributed by atoms with Crippen molar-refractivity contribution in [2.24, 2.45) is 0 Å². The van der Waals surface area contributed by atoms with Gasteiger partial charge in [0.05, 0.1) is 22.2 Å². The van der Waals surface area contributed by atoms with Crippen molar-refractivity contribution >= 4 is 43.5 Å². The quantitative estimate of drug-likeness (QED) is 0.210. The van der Waals surface area contributed by atoms with Crippen molar-refractivity contribution in [3.63, 3.8) is 0 Å². The van der Waals surface area contributed by atoms with Crippen LogP contribution in [0.4, 0.5) is 0 Å². The van der Waals surface area contributed by atoms with Gasteiger partial charge in [0, 0.05) is 38.9 Å². The van der Waals surface area contributed by atoms with Gasteiger partial charge >= 0.3 is 0 Å². The van der Waals surface area contributed by atoms with Crippen LogP contribution in [-0.4, -0.2) is 14.5 Å². The summed E-state index contributed by atoms with van der Waals surface area (Å²) < 4.78 is 2.30. The standard InChI is InChI=1S/C42H27N3/c1-2-11-26(12-3-1)27-21-23-28(24-22-27)40-33-16-6-8-19-37(33)43-42(44-40)45-38-20-9-7-15-31(38)36-25-35-30-14-5-4-13-29(30)32-17-10-18-34(39(32)35)41(36)45/h1-25,29-30H. The maximum atomic E-state index is 5.39. The summed E-state index contributed by atoms with van der Waals surface area (Å²) in [5, 5.41) is 6.15. The van der Waals surface area contributed by atoms with E-state index < -0.39 is 0 Å². The molecule has 0 saturated carbocycles. The number of hydrogen-bond acceptors (Lipinski definition) is 2. The van der Waals surface area contributed by atoms with Gasteiger partial charge in [-0.15, -0.1) is 0 Å². The monoisotopic (exact) mass is 573 g/mol. The maximum Gasteiger partial charge on any atom is 0.235 e. The third kappa shape index (κ3) is 3.52. The highest BCUT2D eigenvalue weighted by atomic mass is 15.2. The summed E-state index contributed by atoms with van der Waals surface area (Å²) in [4.78, 5) is 10.6. The topological polar surface area (TPSA) is 30.7 Å². The summed E-state index contributed by atoms with van der Waals surface area (Å²) in [6.45, 7) is 0. The molecule has 0 bridgehead atoms. The number of allylic oxidation sites excluding steroid dienone is 4. The molecule has 0 fully saturated rings. The zero-order chi connectivity index (χ0) is 29.5. The van der Waals surface area contributed by atoms with Gasteiger partial charge in [-0.1, -0.05) is 133 Å². The number of aromatic nitrogens is 3. The van der Waals surface area contributed by atoms with Gasteiger partial charge in [0.2, 0.25) is 5.95 Å². The lowest BCUT2D eigenvalue weighted by Crippen LogP contribution is -2.04. The first-order valence-electron chi connectivity index (χ1n) is 15.6. The highest BCUT2D eigenvalue weighted by Gasteiger charge is 2.34. The Balaban J connectivity index is 1.27. The van der Waals surface area contributed by atoms with Crippen molar-refractivity contribution in [2.45, 2.75) is 11.8 Å². The van der Waals surface area contributed by atoms with Crippen molar-refractivity contribution in [3.05, 3.63) is 163 Å². The summed E-state index contributed by atoms with van der Waals surface area (Å²) >= 11 is 0. The number of benzene rings is 6. The van der Waals surface area contributed by atoms with Crippen molar-refractivity contribution < 1.29 is 0 Å². The van der Waals surface area contributed by atoms with Gasteiger partial charge in [0.15, 0.2) is 0 Å². The molecule has 210 valence electrons. The fourth-order valence-corrected chi connectivity index (χ4v) is 7.78. The summed E-state index contributed by atoms with van der Waals surface area (Å²) in [5.74, 6) is 1.43. The third-order valence-electron chi connectivity index (χ3n) is 9.76. The molecule has 0 saturated heterocycles. The Morgan fingerprint density at radius 1 is 0.489 bits per heavy atom. The van der Waals surface area contributed by atoms with E-state index in [2.05, 4.69) is 156 Å². The lowest BCUT2D eigenvalue weighted by atomic mass is 9.86. The lowest BCUT2D eigenvalue weighted by molar-refractivity contribution is 0.769. The highest BCUT2D eigenvalue weighted by Crippen LogP contribution is 2.52. The molecule has 0 N–H and O–H groups in total. The number of nitrogens with zero attached hydrogens (tertiary/aromatic N) is 3. The Hall–Kier alpha value is -5.80. The van der Waals surface area contributed by atoms with Crippen LogP contribution in [0.3, 0.4) is 0 Å². The maximum absolute atomic E-state index is 5.39. The van der Waals surface area contributed by atoms with Crippen LogP contribution in [0.1, 0.15) is 23.0 Å². The molecule has 8 aromatic rings. The van der Waals surface area contributed by atoms with E-state index in [1.807, 2.05) is 0 Å². The van der Waals surface area contributed by atoms with E-state index in [1.54, 1.807) is 0 Å². The average molecular weight is 574 g/mol. The molecule has 2 heterocycles. The van der Waals surface area contributed by atoms with Crippen molar-refractivity contribution in [1.82, 2.24) is 14.5 Å². The second-order valence-electron chi connectivity index (χ2n) is 12.1. The first-order valence-corrected chi connectivity index (χ1v) is 15.6. The van der Waals surface area contributed by atoms with E-state index >= 15 is 0 Å². The van der Waals surface area contributed by atoms with Crippen LogP contribution < -0.4 is 0 Å². The molecule has 6 aromatic carbocycles. The molecular formula is C42H27N3. The first kappa shape index (κ1) is 24.6. The highest BCUT2D eigenvalue weighted by molar-refractivity contribution is 6.20. The summed E-state index contributed by atoms with van der Waals surface area (Å²) in [6.07, 6.45) is 9.12. The number of para-hydroxylation sites is 2. The SMILES string of the molecule is C1=CC2c3cccc4c3c(cc3c5ccccc5n(-c5nc(-c6ccc(-c7ccccc7)cc6)c6ccccc6n5)c43)C2C=C1. The Labute approximate surface area is 260 Å². The second-order valence-corrected chi connectivity index (χ2v) is 12.1. The zero-order valence-electron chi connectivity index (χ0n) is 24.4. The largest absolute Gasteiger partial charge is 0.277 e. The van der Waals surface area contributed by atoms with E-state index in [0.717, 1.165) is 27.7 Å². The molecular weight excluding hydrogens is 546 g/mol. The number of hydrogen-bond donors (Lipinski definition) is 0. The minimum Gasteiger partial charge on any atom is -0.277 e. The van der Waals surface area contributed by atoms with Crippen molar-refractivity contribution in [2.75, 3.05) is 0 Å². The number of rotatable bonds is 3. The molecule has 0 spiro atoms. The summed E-state index contributed by atoms with van der Waals surface area (Å²) in [5.41, 5.74) is 10.5. The van der Waals surface area contributed by atoms with Gasteiger partial charge in [0.1, 0.15) is 0 Å². The van der Waals surface area contributed by atoms with Gasteiger partial charge in [0.25, 0.3) is 0 Å². The molecule has 2 aliphatic carbocycles. The Morgan fingerprint density at radius 2 is 1.16 bits per heavy atom. The Kier molecular flexibility index (Phi) is 5.11. The second kappa shape index (κ2) is 9.35. The molecule has 3 heteroatoms. The molecule has 2 atom stereocenters. The van der Waals surface area contributed by atoms with Crippen LogP contribution in [0.25, 0.3) is 71.8 Å². The van der Waals surface area contributed by atoms with Crippen LogP contribution in [0.2, 0.25) is 0 Å². The van der Waals surface area contributed by atoms with Crippen molar-refractivity contribution in [1.29, 1.82) is 0 Å². The minimum atomic E-state index is 0.365. The molecule has 2 aliphatic rings. The predicted molar refractivity (Wildman–Crippen MR) is 186 cm³/mol. The Morgan fingerprint density at radius 3 is 2.00 bits per heavy atom. The molecule has 0 amide bonds. The fraction of sp³-hybridized carbons (Fsp3) is 0.0476. The van der Waals surface area contributed by atoms with Gasteiger partial charge in [-0.2, -0.15) is 0 Å². The van der Waals surface area contributed by atoms with Crippen molar-refractivity contribution in [3.8, 4) is 28.3 Å². The fourth-order valence-electron chi connectivity index (χ4n) is 7.78. The normalized spacial score (nSPS) is 16.7. The molecule has 0 aliphatic heterocycles. The predicted octanol–water partition coefficient (Wildman–Crippen LogP) is 10.5. The molecule has 45 heavy (non-hydrogen) atoms. The van der Waals surface area contributed by atoms with E-state index in [0.29, 0.717) is 17.8 Å². The van der Waals surface area contributed by atoms with Gasteiger partial charge in [-0.05, 0) is 45.8 Å². The van der Waals surface area contributed by atoms with Crippen LogP contribution in [-0.2, 0) is 0 Å². The molecule has 2 aromatic heterocycles. The van der Waals surface area contributed by atoms with E-state index in [9.17, 15) is 0 Å². The minimum absolute atomic E-state index is 0.365. The zero-order valence-corrected chi connectivity index (χ0v) is 24.4. The van der Waals surface area contributed by atoms with Gasteiger partial charge < -0.3 is 0 Å². The lowest BCUT2D eigenvalue weighted by Gasteiger charge is -2.17. The number of fused-ring (bicyclic) bond motifs is 8. The van der Waals surface area contributed by atoms with Crippen LogP contribution >= 0.6 is 0 Å². The van der Waals surface area contributed by atoms with E-state index in [1.165, 1.54) is 49.3 Å². The molecule has 0 radical (unpaired) electrons. The molecule has 2 unspecified atom stereocenters. The van der Waals surface area contributed by atoms with E-state index in [-0.39, 0.29) is 0 Å². The molecule has 3 nitrogen and oxygen atoms in total. The van der Waals surface area contributed by atoms with Crippen LogP contribution in [0.15, 0.2) is 152 Å². The van der Waals surface area contributed by atoms with E-state index in [4.69, 9.17) is 9.97 Å². The summed E-state index contributed by atoms with van der Waals surface area (Å²) in [7, 11) is 0. The van der Waals surface area contributed by atoms with Gasteiger partial charge in [-0.3, -0.25) is 4.57 Å².